The molecular formula is C18H22N2O4S. The van der Waals surface area contributed by atoms with E-state index in [9.17, 15) is 13.2 Å². The van der Waals surface area contributed by atoms with Gasteiger partial charge in [0, 0.05) is 12.6 Å². The maximum atomic E-state index is 12.2. The van der Waals surface area contributed by atoms with Crippen LogP contribution in [0.15, 0.2) is 54.6 Å². The molecule has 0 aliphatic carbocycles. The summed E-state index contributed by atoms with van der Waals surface area (Å²) in [6.45, 7) is 0.166. The zero-order valence-corrected chi connectivity index (χ0v) is 15.1. The molecule has 2 rings (SSSR count). The number of rotatable bonds is 8. The smallest absolute Gasteiger partial charge is 0.240 e. The number of methoxy groups -OCH3 is 1. The Kier molecular flexibility index (Phi) is 6.41. The van der Waals surface area contributed by atoms with E-state index in [1.165, 1.54) is 7.11 Å². The molecule has 0 atom stereocenters. The van der Waals surface area contributed by atoms with Crippen molar-refractivity contribution >= 4 is 21.6 Å². The summed E-state index contributed by atoms with van der Waals surface area (Å²) in [5, 5.41) is 2.76. The number of benzene rings is 2. The Bertz CT molecular complexity index is 807. The standard InChI is InChI=1S/C18H22N2O4S/c1-24-17-10-6-9-16(13-17)20(25(2,22)23)14-18(21)19-12-11-15-7-4-3-5-8-15/h3-10,13H,11-12,14H2,1-2H3,(H,19,21). The first kappa shape index (κ1) is 18.8. The summed E-state index contributed by atoms with van der Waals surface area (Å²) in [6.07, 6.45) is 1.76. The Hall–Kier alpha value is -2.54. The van der Waals surface area contributed by atoms with Crippen molar-refractivity contribution in [3.05, 3.63) is 60.2 Å². The van der Waals surface area contributed by atoms with Crippen molar-refractivity contribution in [3.8, 4) is 5.75 Å². The number of hydrogen-bond acceptors (Lipinski definition) is 4. The van der Waals surface area contributed by atoms with E-state index < -0.39 is 10.0 Å². The summed E-state index contributed by atoms with van der Waals surface area (Å²) >= 11 is 0. The van der Waals surface area contributed by atoms with Crippen LogP contribution in [0.25, 0.3) is 0 Å². The fraction of sp³-hybridized carbons (Fsp3) is 0.278. The number of nitrogens with one attached hydrogen (secondary N) is 1. The highest BCUT2D eigenvalue weighted by Gasteiger charge is 2.21. The van der Waals surface area contributed by atoms with Crippen LogP contribution >= 0.6 is 0 Å². The summed E-state index contributed by atoms with van der Waals surface area (Å²) in [5.41, 5.74) is 1.50. The Morgan fingerprint density at radius 3 is 2.48 bits per heavy atom. The molecule has 1 N–H and O–H groups in total. The third kappa shape index (κ3) is 5.79. The molecule has 0 radical (unpaired) electrons. The minimum Gasteiger partial charge on any atom is -0.497 e. The lowest BCUT2D eigenvalue weighted by Gasteiger charge is -2.22. The maximum absolute atomic E-state index is 12.2. The van der Waals surface area contributed by atoms with Gasteiger partial charge in [-0.05, 0) is 24.1 Å². The lowest BCUT2D eigenvalue weighted by molar-refractivity contribution is -0.119. The van der Waals surface area contributed by atoms with Gasteiger partial charge in [0.25, 0.3) is 0 Å². The predicted molar refractivity (Wildman–Crippen MR) is 98.3 cm³/mol. The van der Waals surface area contributed by atoms with Gasteiger partial charge in [-0.1, -0.05) is 36.4 Å². The van der Waals surface area contributed by atoms with Crippen molar-refractivity contribution in [3.63, 3.8) is 0 Å². The number of anilines is 1. The quantitative estimate of drug-likeness (QED) is 0.777. The van der Waals surface area contributed by atoms with Gasteiger partial charge in [-0.3, -0.25) is 9.10 Å². The lowest BCUT2D eigenvalue weighted by Crippen LogP contribution is -2.40. The average molecular weight is 362 g/mol. The van der Waals surface area contributed by atoms with Crippen LogP contribution in [-0.4, -0.2) is 40.8 Å². The van der Waals surface area contributed by atoms with Crippen LogP contribution in [0.3, 0.4) is 0 Å². The minimum absolute atomic E-state index is 0.277. The average Bonchev–Trinajstić information content (AvgIpc) is 2.59. The Labute approximate surface area is 148 Å². The van der Waals surface area contributed by atoms with Crippen LogP contribution in [0.4, 0.5) is 5.69 Å². The van der Waals surface area contributed by atoms with Gasteiger partial charge >= 0.3 is 0 Å². The van der Waals surface area contributed by atoms with Gasteiger partial charge in [0.15, 0.2) is 0 Å². The molecule has 0 fully saturated rings. The minimum atomic E-state index is -3.60. The molecule has 0 saturated carbocycles. The second-order valence-electron chi connectivity index (χ2n) is 5.56. The molecular weight excluding hydrogens is 340 g/mol. The fourth-order valence-electron chi connectivity index (χ4n) is 2.34. The van der Waals surface area contributed by atoms with Crippen LogP contribution in [0.5, 0.6) is 5.75 Å². The zero-order valence-electron chi connectivity index (χ0n) is 14.3. The van der Waals surface area contributed by atoms with Crippen molar-refractivity contribution in [2.75, 3.05) is 30.8 Å². The summed E-state index contributed by atoms with van der Waals surface area (Å²) in [4.78, 5) is 12.2. The monoisotopic (exact) mass is 362 g/mol. The first-order valence-electron chi connectivity index (χ1n) is 7.82. The zero-order chi connectivity index (χ0) is 18.3. The van der Waals surface area contributed by atoms with Gasteiger partial charge < -0.3 is 10.1 Å². The van der Waals surface area contributed by atoms with Crippen molar-refractivity contribution in [1.29, 1.82) is 0 Å². The van der Waals surface area contributed by atoms with Crippen LogP contribution in [-0.2, 0) is 21.2 Å². The van der Waals surface area contributed by atoms with E-state index in [0.717, 1.165) is 16.1 Å². The molecule has 0 aliphatic heterocycles. The number of ether oxygens (including phenoxy) is 1. The van der Waals surface area contributed by atoms with E-state index in [1.54, 1.807) is 24.3 Å². The molecule has 0 unspecified atom stereocenters. The van der Waals surface area contributed by atoms with Gasteiger partial charge in [-0.25, -0.2) is 8.42 Å². The topological polar surface area (TPSA) is 75.7 Å². The van der Waals surface area contributed by atoms with Gasteiger partial charge in [0.2, 0.25) is 15.9 Å². The summed E-state index contributed by atoms with van der Waals surface area (Å²) in [7, 11) is -2.10. The van der Waals surface area contributed by atoms with E-state index in [0.29, 0.717) is 24.4 Å². The normalized spacial score (nSPS) is 11.0. The number of carbonyl (C=O) groups excluding carboxylic acids is 1. The molecule has 2 aromatic rings. The summed E-state index contributed by atoms with van der Waals surface area (Å²) in [6, 6.07) is 16.4. The predicted octanol–water partition coefficient (Wildman–Crippen LogP) is 1.82. The molecule has 1 amide bonds. The molecule has 0 aliphatic rings. The molecule has 0 spiro atoms. The molecule has 2 aromatic carbocycles. The third-order valence-electron chi connectivity index (χ3n) is 3.61. The van der Waals surface area contributed by atoms with Gasteiger partial charge in [-0.15, -0.1) is 0 Å². The molecule has 0 heterocycles. The highest BCUT2D eigenvalue weighted by atomic mass is 32.2. The number of sulfonamides is 1. The largest absolute Gasteiger partial charge is 0.497 e. The van der Waals surface area contributed by atoms with Crippen molar-refractivity contribution in [1.82, 2.24) is 5.32 Å². The number of nitrogens with zero attached hydrogens (tertiary/aromatic N) is 1. The highest BCUT2D eigenvalue weighted by molar-refractivity contribution is 7.92. The molecule has 25 heavy (non-hydrogen) atoms. The van der Waals surface area contributed by atoms with E-state index in [1.807, 2.05) is 30.3 Å². The maximum Gasteiger partial charge on any atom is 0.240 e. The molecule has 6 nitrogen and oxygen atoms in total. The summed E-state index contributed by atoms with van der Waals surface area (Å²) in [5.74, 6) is 0.166. The number of hydrogen-bond donors (Lipinski definition) is 1. The Balaban J connectivity index is 2.00. The van der Waals surface area contributed by atoms with Crippen LogP contribution in [0.2, 0.25) is 0 Å². The molecule has 0 saturated heterocycles. The highest BCUT2D eigenvalue weighted by Crippen LogP contribution is 2.22. The van der Waals surface area contributed by atoms with Gasteiger partial charge in [0.1, 0.15) is 12.3 Å². The van der Waals surface area contributed by atoms with Gasteiger partial charge in [-0.2, -0.15) is 0 Å². The van der Waals surface area contributed by atoms with Crippen LogP contribution in [0.1, 0.15) is 5.56 Å². The van der Waals surface area contributed by atoms with Crippen molar-refractivity contribution in [2.45, 2.75) is 6.42 Å². The molecule has 7 heteroatoms. The van der Waals surface area contributed by atoms with Crippen molar-refractivity contribution < 1.29 is 17.9 Å². The lowest BCUT2D eigenvalue weighted by atomic mass is 10.1. The number of carbonyl (C=O) groups is 1. The fourth-order valence-corrected chi connectivity index (χ4v) is 3.19. The molecule has 0 aromatic heterocycles. The van der Waals surface area contributed by atoms with E-state index in [2.05, 4.69) is 5.32 Å². The van der Waals surface area contributed by atoms with Gasteiger partial charge in [0.05, 0.1) is 19.1 Å². The molecule has 0 bridgehead atoms. The van der Waals surface area contributed by atoms with E-state index >= 15 is 0 Å². The van der Waals surface area contributed by atoms with E-state index in [4.69, 9.17) is 4.74 Å². The molecule has 134 valence electrons. The van der Waals surface area contributed by atoms with Crippen LogP contribution in [0, 0.1) is 0 Å². The Morgan fingerprint density at radius 2 is 1.84 bits per heavy atom. The second kappa shape index (κ2) is 8.53. The first-order valence-corrected chi connectivity index (χ1v) is 9.67. The Morgan fingerprint density at radius 1 is 1.12 bits per heavy atom. The third-order valence-corrected chi connectivity index (χ3v) is 4.75. The van der Waals surface area contributed by atoms with Crippen LogP contribution < -0.4 is 14.4 Å². The summed E-state index contributed by atoms with van der Waals surface area (Å²) < 4.78 is 30.3. The SMILES string of the molecule is COc1cccc(N(CC(=O)NCCc2ccccc2)S(C)(=O)=O)c1. The first-order chi connectivity index (χ1) is 11.9. The second-order valence-corrected chi connectivity index (χ2v) is 7.46. The van der Waals surface area contributed by atoms with Crippen molar-refractivity contribution in [2.24, 2.45) is 0 Å². The number of amides is 1. The van der Waals surface area contributed by atoms with E-state index in [-0.39, 0.29) is 12.5 Å².